The van der Waals surface area contributed by atoms with Crippen LogP contribution >= 0.6 is 22.9 Å². The molecule has 0 radical (unpaired) electrons. The lowest BCUT2D eigenvalue weighted by atomic mass is 9.99. The minimum atomic E-state index is -3.60. The summed E-state index contributed by atoms with van der Waals surface area (Å²) in [7, 11) is -3.60. The summed E-state index contributed by atoms with van der Waals surface area (Å²) in [5.41, 5.74) is 0.570. The van der Waals surface area contributed by atoms with Crippen LogP contribution in [0.25, 0.3) is 0 Å². The number of sulfonamides is 1. The second kappa shape index (κ2) is 8.90. The molecule has 0 atom stereocenters. The number of hydrogen-bond acceptors (Lipinski definition) is 8. The maximum Gasteiger partial charge on any atom is 0.286 e. The zero-order chi connectivity index (χ0) is 23.0. The highest BCUT2D eigenvalue weighted by molar-refractivity contribution is 7.89. The average molecular weight is 507 g/mol. The van der Waals surface area contributed by atoms with Gasteiger partial charge < -0.3 is 14.8 Å². The van der Waals surface area contributed by atoms with Crippen molar-refractivity contribution >= 4 is 44.6 Å². The van der Waals surface area contributed by atoms with Crippen molar-refractivity contribution in [2.45, 2.75) is 23.7 Å². The van der Waals surface area contributed by atoms with E-state index < -0.39 is 10.0 Å². The fourth-order valence-electron chi connectivity index (χ4n) is 3.77. The molecule has 3 aromatic rings. The van der Waals surface area contributed by atoms with Crippen molar-refractivity contribution < 1.29 is 22.7 Å². The zero-order valence-electron chi connectivity index (χ0n) is 17.2. The van der Waals surface area contributed by atoms with Gasteiger partial charge in [-0.1, -0.05) is 29.0 Å². The van der Waals surface area contributed by atoms with Crippen LogP contribution in [0.5, 0.6) is 11.5 Å². The van der Waals surface area contributed by atoms with E-state index in [0.29, 0.717) is 48.1 Å². The Balaban J connectivity index is 1.22. The third kappa shape index (κ3) is 4.54. The smallest absolute Gasteiger partial charge is 0.286 e. The Hall–Kier alpha value is -2.73. The molecule has 0 saturated carbocycles. The summed E-state index contributed by atoms with van der Waals surface area (Å²) in [6, 6.07) is 11.4. The topological polar surface area (TPSA) is 111 Å². The zero-order valence-corrected chi connectivity index (χ0v) is 19.6. The lowest BCUT2D eigenvalue weighted by Gasteiger charge is -2.30. The van der Waals surface area contributed by atoms with Crippen LogP contribution in [0.15, 0.2) is 47.4 Å². The molecule has 5 rings (SSSR count). The van der Waals surface area contributed by atoms with Crippen molar-refractivity contribution in [3.05, 3.63) is 57.5 Å². The van der Waals surface area contributed by atoms with Gasteiger partial charge in [-0.15, -0.1) is 10.2 Å². The first-order valence-corrected chi connectivity index (χ1v) is 12.8. The number of halogens is 1. The molecule has 3 heterocycles. The van der Waals surface area contributed by atoms with Crippen molar-refractivity contribution in [2.75, 3.05) is 25.2 Å². The van der Waals surface area contributed by atoms with Crippen LogP contribution in [-0.4, -0.2) is 48.7 Å². The van der Waals surface area contributed by atoms with E-state index in [1.807, 2.05) is 0 Å². The van der Waals surface area contributed by atoms with Gasteiger partial charge in [0.2, 0.25) is 21.8 Å². The van der Waals surface area contributed by atoms with Crippen LogP contribution in [0, 0.1) is 0 Å². The number of aromatic nitrogens is 2. The number of hydrogen-bond donors (Lipinski definition) is 1. The minimum absolute atomic E-state index is 0.0420. The molecule has 0 spiro atoms. The Kier molecular flexibility index (Phi) is 5.95. The first-order valence-electron chi connectivity index (χ1n) is 10.2. The van der Waals surface area contributed by atoms with Crippen molar-refractivity contribution in [1.82, 2.24) is 14.5 Å². The number of benzene rings is 2. The van der Waals surface area contributed by atoms with E-state index in [1.54, 1.807) is 36.4 Å². The number of nitrogens with one attached hydrogen (secondary N) is 1. The Morgan fingerprint density at radius 2 is 1.88 bits per heavy atom. The molecule has 2 aliphatic rings. The normalized spacial score (nSPS) is 16.6. The van der Waals surface area contributed by atoms with Crippen molar-refractivity contribution in [1.29, 1.82) is 0 Å². The SMILES string of the molecule is O=C(Nc1ccc2c(c1)OCO2)c1nnc(C2CCN(S(=O)(=O)c3cccc(Cl)c3)CC2)s1. The molecule has 1 N–H and O–H groups in total. The fraction of sp³-hybridized carbons (Fsp3) is 0.286. The molecule has 33 heavy (non-hydrogen) atoms. The second-order valence-corrected chi connectivity index (χ2v) is 11.0. The molecule has 172 valence electrons. The summed E-state index contributed by atoms with van der Waals surface area (Å²) >= 11 is 7.18. The first kappa shape index (κ1) is 22.1. The molecule has 2 aliphatic heterocycles. The molecule has 2 aromatic carbocycles. The van der Waals surface area contributed by atoms with Crippen LogP contribution in [0.4, 0.5) is 5.69 Å². The molecule has 1 amide bonds. The average Bonchev–Trinajstić information content (AvgIpc) is 3.49. The second-order valence-electron chi connectivity index (χ2n) is 7.60. The van der Waals surface area contributed by atoms with Crippen molar-refractivity contribution in [3.63, 3.8) is 0 Å². The summed E-state index contributed by atoms with van der Waals surface area (Å²) < 4.78 is 37.8. The summed E-state index contributed by atoms with van der Waals surface area (Å²) in [5.74, 6) is 0.888. The number of fused-ring (bicyclic) bond motifs is 1. The number of nitrogens with zero attached hydrogens (tertiary/aromatic N) is 3. The van der Waals surface area contributed by atoms with Gasteiger partial charge in [0.1, 0.15) is 5.01 Å². The molecule has 12 heteroatoms. The highest BCUT2D eigenvalue weighted by Gasteiger charge is 2.32. The maximum absolute atomic E-state index is 12.9. The van der Waals surface area contributed by atoms with Gasteiger partial charge >= 0.3 is 0 Å². The number of carbonyl (C=O) groups is 1. The summed E-state index contributed by atoms with van der Waals surface area (Å²) in [4.78, 5) is 12.8. The molecule has 1 aromatic heterocycles. The number of rotatable bonds is 5. The van der Waals surface area contributed by atoms with Gasteiger partial charge in [-0.3, -0.25) is 4.79 Å². The monoisotopic (exact) mass is 506 g/mol. The van der Waals surface area contributed by atoms with Gasteiger partial charge in [-0.05, 0) is 43.2 Å². The first-order chi connectivity index (χ1) is 15.9. The van der Waals surface area contributed by atoms with Crippen LogP contribution in [0.1, 0.15) is 33.6 Å². The summed E-state index contributed by atoms with van der Waals surface area (Å²) in [6.45, 7) is 0.876. The fourth-order valence-corrected chi connectivity index (χ4v) is 6.45. The van der Waals surface area contributed by atoms with E-state index >= 15 is 0 Å². The van der Waals surface area contributed by atoms with E-state index in [9.17, 15) is 13.2 Å². The van der Waals surface area contributed by atoms with Gasteiger partial charge in [-0.25, -0.2) is 8.42 Å². The molecule has 0 aliphatic carbocycles. The van der Waals surface area contributed by atoms with E-state index in [-0.39, 0.29) is 28.5 Å². The number of anilines is 1. The lowest BCUT2D eigenvalue weighted by molar-refractivity contribution is 0.102. The van der Waals surface area contributed by atoms with E-state index in [4.69, 9.17) is 21.1 Å². The molecular formula is C21H19ClN4O5S2. The predicted octanol–water partition coefficient (Wildman–Crippen LogP) is 3.74. The Bertz CT molecular complexity index is 1310. The van der Waals surface area contributed by atoms with Crippen LogP contribution in [0.2, 0.25) is 5.02 Å². The molecule has 1 fully saturated rings. The van der Waals surface area contributed by atoms with Gasteiger partial charge in [0.25, 0.3) is 5.91 Å². The largest absolute Gasteiger partial charge is 0.454 e. The third-order valence-corrected chi connectivity index (χ3v) is 8.72. The summed E-state index contributed by atoms with van der Waals surface area (Å²) in [6.07, 6.45) is 1.19. The summed E-state index contributed by atoms with van der Waals surface area (Å²) in [5, 5.41) is 12.4. The quantitative estimate of drug-likeness (QED) is 0.561. The maximum atomic E-state index is 12.9. The Morgan fingerprint density at radius 3 is 2.67 bits per heavy atom. The molecule has 1 saturated heterocycles. The van der Waals surface area contributed by atoms with Crippen LogP contribution in [-0.2, 0) is 10.0 Å². The highest BCUT2D eigenvalue weighted by atomic mass is 35.5. The lowest BCUT2D eigenvalue weighted by Crippen LogP contribution is -2.37. The molecule has 9 nitrogen and oxygen atoms in total. The van der Waals surface area contributed by atoms with E-state index in [0.717, 1.165) is 5.01 Å². The standard InChI is InChI=1S/C21H19ClN4O5S2/c22-14-2-1-3-16(10-14)33(28,29)26-8-6-13(7-9-26)20-24-25-21(32-20)19(27)23-15-4-5-17-18(11-15)31-12-30-17/h1-5,10-11,13H,6-9,12H2,(H,23,27). The molecular weight excluding hydrogens is 488 g/mol. The van der Waals surface area contributed by atoms with Gasteiger partial charge in [0, 0.05) is 35.8 Å². The molecule has 0 bridgehead atoms. The Labute approximate surface area is 199 Å². The highest BCUT2D eigenvalue weighted by Crippen LogP contribution is 2.35. The number of ether oxygens (including phenoxy) is 2. The predicted molar refractivity (Wildman–Crippen MR) is 123 cm³/mol. The van der Waals surface area contributed by atoms with Crippen LogP contribution in [0.3, 0.4) is 0 Å². The van der Waals surface area contributed by atoms with Gasteiger partial charge in [0.05, 0.1) is 4.90 Å². The Morgan fingerprint density at radius 1 is 1.09 bits per heavy atom. The van der Waals surface area contributed by atoms with E-state index in [1.165, 1.54) is 21.7 Å². The number of carbonyl (C=O) groups excluding carboxylic acids is 1. The molecule has 0 unspecified atom stereocenters. The number of piperidine rings is 1. The van der Waals surface area contributed by atoms with Crippen LogP contribution < -0.4 is 14.8 Å². The van der Waals surface area contributed by atoms with Crippen molar-refractivity contribution in [3.8, 4) is 11.5 Å². The van der Waals surface area contributed by atoms with Crippen molar-refractivity contribution in [2.24, 2.45) is 0 Å². The van der Waals surface area contributed by atoms with Gasteiger partial charge in [-0.2, -0.15) is 4.31 Å². The van der Waals surface area contributed by atoms with E-state index in [2.05, 4.69) is 15.5 Å². The van der Waals surface area contributed by atoms with Gasteiger partial charge in [0.15, 0.2) is 11.5 Å². The third-order valence-electron chi connectivity index (χ3n) is 5.50. The minimum Gasteiger partial charge on any atom is -0.454 e. The number of amides is 1.